The first-order valence-electron chi connectivity index (χ1n) is 40.2. The van der Waals surface area contributed by atoms with Gasteiger partial charge in [-0.3, -0.25) is 15.0 Å². The number of fused-ring (bicyclic) bond motifs is 4. The van der Waals surface area contributed by atoms with Crippen molar-refractivity contribution in [1.82, 2.24) is 59.1 Å². The summed E-state index contributed by atoms with van der Waals surface area (Å²) in [5.74, 6) is -2.35. The topological polar surface area (TPSA) is 259 Å². The van der Waals surface area contributed by atoms with Gasteiger partial charge < -0.3 is 0 Å². The lowest BCUT2D eigenvalue weighted by Crippen LogP contribution is -2.15. The molecule has 16 aromatic rings. The van der Waals surface area contributed by atoms with Crippen LogP contribution in [-0.2, 0) is 84.0 Å². The molecular formula is C96H94ClF5N12O8S4. The number of aromatic nitrogens is 12. The first-order chi connectivity index (χ1) is 59.1. The normalized spacial score (nSPS) is 12.5. The Balaban J connectivity index is 0.000000144. The zero-order chi connectivity index (χ0) is 91.1. The van der Waals surface area contributed by atoms with Crippen molar-refractivity contribution in [3.05, 3.63) is 333 Å². The van der Waals surface area contributed by atoms with Gasteiger partial charge in [0.15, 0.2) is 45.2 Å². The highest BCUT2D eigenvalue weighted by molar-refractivity contribution is 7.91. The maximum atomic E-state index is 14.7. The van der Waals surface area contributed by atoms with Crippen LogP contribution >= 0.6 is 11.6 Å². The summed E-state index contributed by atoms with van der Waals surface area (Å²) in [6.45, 7) is 29.1. The number of hydrogen-bond acceptors (Lipinski definition) is 16. The smallest absolute Gasteiger partial charge is 0.256 e. The summed E-state index contributed by atoms with van der Waals surface area (Å²) in [6, 6.07) is 60.4. The molecule has 0 radical (unpaired) electrons. The number of rotatable bonds is 17. The third-order valence-corrected chi connectivity index (χ3v) is 28.0. The summed E-state index contributed by atoms with van der Waals surface area (Å²) < 4.78 is 182. The molecule has 0 aliphatic rings. The molecule has 30 heteroatoms. The van der Waals surface area contributed by atoms with Gasteiger partial charge in [-0.2, -0.15) is 20.4 Å². The third-order valence-electron chi connectivity index (χ3n) is 21.0. The van der Waals surface area contributed by atoms with Gasteiger partial charge in [-0.15, -0.1) is 0 Å². The van der Waals surface area contributed by atoms with Crippen molar-refractivity contribution >= 4 is 94.4 Å². The molecular weight excluding hydrogens is 1710 g/mol. The fraction of sp³-hybridized carbons (Fsp3) is 0.250. The largest absolute Gasteiger partial charge is 0.282 e. The molecule has 0 bridgehead atoms. The van der Waals surface area contributed by atoms with Crippen LogP contribution in [0.15, 0.2) is 263 Å². The molecule has 20 nitrogen and oxygen atoms in total. The number of sulfone groups is 4. The van der Waals surface area contributed by atoms with Crippen molar-refractivity contribution in [3.8, 4) is 22.9 Å². The number of pyridine rings is 4. The molecule has 0 atom stereocenters. The van der Waals surface area contributed by atoms with Crippen molar-refractivity contribution in [2.75, 3.05) is 0 Å². The summed E-state index contributed by atoms with van der Waals surface area (Å²) in [5, 5.41) is 21.8. The molecule has 0 unspecified atom stereocenters. The first kappa shape index (κ1) is 91.7. The molecule has 8 aromatic heterocycles. The van der Waals surface area contributed by atoms with E-state index in [2.05, 4.69) is 81.9 Å². The quantitative estimate of drug-likeness (QED) is 0.0767. The minimum absolute atomic E-state index is 0.0389. The molecule has 0 amide bonds. The number of halogens is 6. The number of alkyl halides is 2. The molecule has 652 valence electrons. The van der Waals surface area contributed by atoms with Gasteiger partial charge in [0, 0.05) is 51.7 Å². The molecule has 16 rings (SSSR count). The predicted octanol–water partition coefficient (Wildman–Crippen LogP) is 21.7. The minimum atomic E-state index is -4.06. The van der Waals surface area contributed by atoms with E-state index in [0.717, 1.165) is 56.7 Å². The van der Waals surface area contributed by atoms with Crippen LogP contribution in [0.3, 0.4) is 0 Å². The van der Waals surface area contributed by atoms with E-state index in [4.69, 9.17) is 11.6 Å². The van der Waals surface area contributed by atoms with Gasteiger partial charge in [-0.05, 0) is 198 Å². The van der Waals surface area contributed by atoms with Crippen LogP contribution in [0.5, 0.6) is 0 Å². The van der Waals surface area contributed by atoms with Crippen LogP contribution in [0.25, 0.3) is 66.4 Å². The average molecular weight is 1800 g/mol. The van der Waals surface area contributed by atoms with Crippen LogP contribution in [0.1, 0.15) is 157 Å². The van der Waals surface area contributed by atoms with Gasteiger partial charge in [-0.1, -0.05) is 180 Å². The van der Waals surface area contributed by atoms with E-state index in [1.807, 2.05) is 134 Å². The van der Waals surface area contributed by atoms with Crippen LogP contribution in [0.2, 0.25) is 5.02 Å². The molecule has 0 saturated heterocycles. The highest BCUT2D eigenvalue weighted by atomic mass is 35.5. The Morgan fingerprint density at radius 3 is 1.14 bits per heavy atom. The van der Waals surface area contributed by atoms with Crippen LogP contribution in [0, 0.1) is 38.2 Å². The highest BCUT2D eigenvalue weighted by Crippen LogP contribution is 2.37. The maximum Gasteiger partial charge on any atom is 0.282 e. The summed E-state index contributed by atoms with van der Waals surface area (Å²) in [5.41, 5.74) is 8.54. The zero-order valence-corrected chi connectivity index (χ0v) is 76.1. The van der Waals surface area contributed by atoms with Crippen LogP contribution < -0.4 is 0 Å². The van der Waals surface area contributed by atoms with Crippen LogP contribution in [-0.4, -0.2) is 92.7 Å². The van der Waals surface area contributed by atoms with Crippen molar-refractivity contribution in [1.29, 1.82) is 0 Å². The Kier molecular flexibility index (Phi) is 26.0. The maximum absolute atomic E-state index is 14.7. The van der Waals surface area contributed by atoms with Gasteiger partial charge in [0.05, 0.1) is 116 Å². The number of hydrogen-bond donors (Lipinski definition) is 0. The molecule has 8 heterocycles. The number of aryl methyl sites for hydroxylation is 3. The molecule has 0 aliphatic carbocycles. The predicted molar refractivity (Wildman–Crippen MR) is 484 cm³/mol. The van der Waals surface area contributed by atoms with Gasteiger partial charge >= 0.3 is 0 Å². The Bertz CT molecular complexity index is 7120. The summed E-state index contributed by atoms with van der Waals surface area (Å²) in [6.07, 6.45) is 3.49. The third kappa shape index (κ3) is 20.4. The van der Waals surface area contributed by atoms with E-state index in [0.29, 0.717) is 88.7 Å². The Morgan fingerprint density at radius 1 is 0.341 bits per heavy atom. The second-order valence-electron chi connectivity index (χ2n) is 34.8. The molecule has 0 N–H and O–H groups in total. The minimum Gasteiger partial charge on any atom is -0.256 e. The SMILES string of the molecule is CC(C)(C)c1ccc(S(=O)(=O)Cc2cc(C(F)F)nn2-c2cccc3ncccc23)cc1F.Cc1cc(CS(=O)(=O)c2ccc(C(C)(C)C)c(F)c2)n(-c2cccc3ncccc23)n1.Cc1cc(CS(=O)(=O)c2ccc(C(C)(C)C)cc2)n(-c2ccnc3c(F)cccc23)n1.Cc1cc(CS(=O)(=O)c2ccc(C(C)(C)C)cc2)n(-c2ncc(Cl)c3ccccc23)n1. The van der Waals surface area contributed by atoms with Crippen LogP contribution in [0.4, 0.5) is 22.0 Å². The van der Waals surface area contributed by atoms with Gasteiger partial charge in [0.25, 0.3) is 6.43 Å². The Labute approximate surface area is 735 Å². The fourth-order valence-corrected chi connectivity index (χ4v) is 20.1. The highest BCUT2D eigenvalue weighted by Gasteiger charge is 2.31. The van der Waals surface area contributed by atoms with Gasteiger partial charge in [0.1, 0.15) is 28.7 Å². The first-order valence-corrected chi connectivity index (χ1v) is 47.2. The van der Waals surface area contributed by atoms with E-state index in [1.165, 1.54) is 35.1 Å². The van der Waals surface area contributed by atoms with Crippen molar-refractivity contribution < 1.29 is 55.6 Å². The average Bonchev–Trinajstić information content (AvgIpc) is 1.73. The lowest BCUT2D eigenvalue weighted by atomic mass is 9.87. The number of nitrogens with zero attached hydrogens (tertiary/aromatic N) is 12. The van der Waals surface area contributed by atoms with Gasteiger partial charge in [0.2, 0.25) is 0 Å². The molecule has 0 aliphatic heterocycles. The second kappa shape index (κ2) is 35.8. The van der Waals surface area contributed by atoms with E-state index in [1.54, 1.807) is 137 Å². The van der Waals surface area contributed by atoms with E-state index in [-0.39, 0.29) is 54.0 Å². The van der Waals surface area contributed by atoms with Crippen molar-refractivity contribution in [2.45, 2.75) is 175 Å². The molecule has 0 spiro atoms. The molecule has 126 heavy (non-hydrogen) atoms. The second-order valence-corrected chi connectivity index (χ2v) is 43.2. The Morgan fingerprint density at radius 2 is 0.714 bits per heavy atom. The Hall–Kier alpha value is -12.0. The monoisotopic (exact) mass is 1800 g/mol. The summed E-state index contributed by atoms with van der Waals surface area (Å²) in [4.78, 5) is 17.5. The standard InChI is InChI=1S/C24H24ClN3O2S.C24H22F3N3O2S.2C24H24FN3O2S/c1-16-13-18(15-31(29,30)19-11-9-17(10-12-19)24(2,3)4)28(27-16)23-21-8-6-5-7-20(21)22(25)14-26-23;1-24(2,3)18-10-9-16(13-19(18)25)33(31,32)14-15-12-21(23(26)27)29-30(15)22-8-4-7-20-17(22)6-5-11-28-20;1-16-13-17(28(27-16)23-9-5-8-22-19(23)7-6-12-26-22)15-31(29,30)18-10-11-20(21(25)14-18)24(2,3)4;1-16-14-18(15-31(29,30)19-10-8-17(9-11-19)24(2,3)4)28(27-16)22-12-13-26-23-20(22)6-5-7-21(23)25/h5-14H,15H2,1-4H3;4-13,23H,14H2,1-3H3;2*5-14H,15H2,1-4H3. The number of benzene rings is 8. The zero-order valence-electron chi connectivity index (χ0n) is 72.0. The molecule has 0 saturated carbocycles. The van der Waals surface area contributed by atoms with Crippen molar-refractivity contribution in [2.24, 2.45) is 0 Å². The van der Waals surface area contributed by atoms with E-state index >= 15 is 0 Å². The molecule has 8 aromatic carbocycles. The lowest BCUT2D eigenvalue weighted by molar-refractivity contribution is 0.145. The number of para-hydroxylation sites is 1. The summed E-state index contributed by atoms with van der Waals surface area (Å²) >= 11 is 6.30. The summed E-state index contributed by atoms with van der Waals surface area (Å²) in [7, 11) is -15.0. The van der Waals surface area contributed by atoms with E-state index < -0.39 is 85.5 Å². The van der Waals surface area contributed by atoms with Gasteiger partial charge in [-0.25, -0.2) is 79.3 Å². The van der Waals surface area contributed by atoms with Crippen molar-refractivity contribution in [3.63, 3.8) is 0 Å². The lowest BCUT2D eigenvalue weighted by Gasteiger charge is -2.20. The fourth-order valence-electron chi connectivity index (χ4n) is 14.6. The molecule has 0 fully saturated rings. The van der Waals surface area contributed by atoms with E-state index in [9.17, 15) is 55.6 Å².